The SMILES string of the molecule is CC1(C)C(/C=C/C2=C(c3ccccc3)C(=C/C=C3/N(Cc4ccccc4)c4ccc5ccccc5c4C3(C)C)/CCC2)=[N+](Cc2ccccc2)c2ccc3ccccc3c21.Cc1ccc(S(=O)(=O)[O-])cc1. The highest BCUT2D eigenvalue weighted by atomic mass is 32.2. The monoisotopic (exact) mass is 948 g/mol. The molecule has 0 aromatic heterocycles. The van der Waals surface area contributed by atoms with Crippen molar-refractivity contribution < 1.29 is 17.5 Å². The van der Waals surface area contributed by atoms with Gasteiger partial charge in [0.1, 0.15) is 10.1 Å². The number of nitrogens with zero attached hydrogens (tertiary/aromatic N) is 2. The van der Waals surface area contributed by atoms with Gasteiger partial charge < -0.3 is 9.45 Å². The molecule has 0 radical (unpaired) electrons. The Bertz CT molecular complexity index is 3570. The Morgan fingerprint density at radius 3 is 1.82 bits per heavy atom. The van der Waals surface area contributed by atoms with E-state index in [0.717, 1.165) is 37.9 Å². The van der Waals surface area contributed by atoms with Crippen molar-refractivity contribution in [3.63, 3.8) is 0 Å². The first-order valence-electron chi connectivity index (χ1n) is 24.7. The predicted octanol–water partition coefficient (Wildman–Crippen LogP) is 15.5. The van der Waals surface area contributed by atoms with Gasteiger partial charge in [-0.05, 0) is 125 Å². The number of fused-ring (bicyclic) bond motifs is 6. The number of allylic oxidation sites excluding steroid dienone is 8. The van der Waals surface area contributed by atoms with E-state index in [1.807, 2.05) is 6.92 Å². The van der Waals surface area contributed by atoms with Crippen molar-refractivity contribution in [2.24, 2.45) is 0 Å². The maximum absolute atomic E-state index is 10.4. The zero-order valence-corrected chi connectivity index (χ0v) is 42.1. The largest absolute Gasteiger partial charge is 0.744 e. The van der Waals surface area contributed by atoms with Gasteiger partial charge in [0.15, 0.2) is 12.3 Å². The van der Waals surface area contributed by atoms with E-state index >= 15 is 0 Å². The lowest BCUT2D eigenvalue weighted by atomic mass is 9.78. The van der Waals surface area contributed by atoms with E-state index in [1.165, 1.54) is 101 Å². The summed E-state index contributed by atoms with van der Waals surface area (Å²) in [5.74, 6) is 0. The van der Waals surface area contributed by atoms with Gasteiger partial charge in [0, 0.05) is 46.6 Å². The van der Waals surface area contributed by atoms with Gasteiger partial charge in [-0.2, -0.15) is 4.58 Å². The van der Waals surface area contributed by atoms with Crippen molar-refractivity contribution in [1.82, 2.24) is 0 Å². The summed E-state index contributed by atoms with van der Waals surface area (Å²) in [5, 5.41) is 5.27. The molecule has 0 fully saturated rings. The fourth-order valence-electron chi connectivity index (χ4n) is 11.2. The Kier molecular flexibility index (Phi) is 12.9. The molecule has 6 heteroatoms. The maximum Gasteiger partial charge on any atom is 0.210 e. The minimum Gasteiger partial charge on any atom is -0.744 e. The molecule has 0 bridgehead atoms. The van der Waals surface area contributed by atoms with Crippen molar-refractivity contribution in [3.05, 3.63) is 263 Å². The van der Waals surface area contributed by atoms with E-state index in [2.05, 4.69) is 225 Å². The second kappa shape index (κ2) is 19.4. The minimum atomic E-state index is -4.27. The Morgan fingerprint density at radius 1 is 0.592 bits per heavy atom. The third-order valence-electron chi connectivity index (χ3n) is 14.7. The normalized spacial score (nSPS) is 17.3. The molecule has 5 nitrogen and oxygen atoms in total. The number of aryl methyl sites for hydroxylation is 1. The number of rotatable bonds is 9. The van der Waals surface area contributed by atoms with Crippen molar-refractivity contribution >= 4 is 54.3 Å². The van der Waals surface area contributed by atoms with Gasteiger partial charge in [0.05, 0.1) is 10.3 Å². The highest BCUT2D eigenvalue weighted by molar-refractivity contribution is 7.85. The first-order valence-corrected chi connectivity index (χ1v) is 26.2. The van der Waals surface area contributed by atoms with Crippen LogP contribution < -0.4 is 4.90 Å². The van der Waals surface area contributed by atoms with Crippen LogP contribution in [0.25, 0.3) is 27.1 Å². The van der Waals surface area contributed by atoms with Gasteiger partial charge in [0.25, 0.3) is 0 Å². The molecular formula is C65H60N2O3S. The summed E-state index contributed by atoms with van der Waals surface area (Å²) < 4.78 is 33.7. The van der Waals surface area contributed by atoms with Crippen LogP contribution in [0, 0.1) is 6.92 Å². The molecule has 11 rings (SSSR count). The molecule has 0 saturated carbocycles. The van der Waals surface area contributed by atoms with E-state index < -0.39 is 10.1 Å². The average Bonchev–Trinajstić information content (AvgIpc) is 3.73. The van der Waals surface area contributed by atoms with E-state index in [0.29, 0.717) is 0 Å². The standard InChI is InChI=1S/C58H53N2.C7H8O3S/c1-57(2)52(59(39-41-19-8-5-9-20-41)50-35-31-43-23-14-16-29-48(43)55(50)57)37-33-46-27-18-28-47(54(46)45-25-12-7-13-26-45)34-38-53-58(3,4)56-49-30-17-15-24-44(49)32-36-51(56)60(53)40-42-21-10-6-11-22-42;1-6-2-4-7(5-3-6)11(8,9)10/h5-17,19-26,29-38H,18,27-28,39-40H2,1-4H3;2-5H,1H3,(H,8,9,10)/q+1;/p-1. The van der Waals surface area contributed by atoms with Crippen LogP contribution in [0.4, 0.5) is 11.4 Å². The van der Waals surface area contributed by atoms with Crippen molar-refractivity contribution in [3.8, 4) is 0 Å². The Labute approximate surface area is 419 Å². The lowest BCUT2D eigenvalue weighted by Crippen LogP contribution is -2.27. The molecular weight excluding hydrogens is 889 g/mol. The van der Waals surface area contributed by atoms with E-state index in [4.69, 9.17) is 0 Å². The highest BCUT2D eigenvalue weighted by Gasteiger charge is 2.46. The van der Waals surface area contributed by atoms with Crippen molar-refractivity contribution in [2.45, 2.75) is 82.7 Å². The van der Waals surface area contributed by atoms with Gasteiger partial charge >= 0.3 is 0 Å². The molecule has 0 saturated heterocycles. The Hall–Kier alpha value is -7.38. The first kappa shape index (κ1) is 47.3. The predicted molar refractivity (Wildman–Crippen MR) is 293 cm³/mol. The van der Waals surface area contributed by atoms with Crippen molar-refractivity contribution in [1.29, 1.82) is 0 Å². The summed E-state index contributed by atoms with van der Waals surface area (Å²) in [7, 11) is -4.27. The zero-order chi connectivity index (χ0) is 49.3. The lowest BCUT2D eigenvalue weighted by Gasteiger charge is -2.28. The van der Waals surface area contributed by atoms with Crippen LogP contribution in [0.1, 0.15) is 80.3 Å². The fraction of sp³-hybridized carbons (Fsp3) is 0.185. The van der Waals surface area contributed by atoms with Gasteiger partial charge in [-0.1, -0.05) is 189 Å². The van der Waals surface area contributed by atoms with E-state index in [9.17, 15) is 13.0 Å². The fourth-order valence-corrected chi connectivity index (χ4v) is 11.7. The van der Waals surface area contributed by atoms with Crippen LogP contribution in [-0.2, 0) is 34.0 Å². The van der Waals surface area contributed by atoms with Gasteiger partial charge in [-0.25, -0.2) is 8.42 Å². The second-order valence-electron chi connectivity index (χ2n) is 20.1. The van der Waals surface area contributed by atoms with Crippen LogP contribution in [-0.4, -0.2) is 23.3 Å². The molecule has 2 heterocycles. The second-order valence-corrected chi connectivity index (χ2v) is 21.5. The molecule has 354 valence electrons. The number of hydrogen-bond acceptors (Lipinski definition) is 4. The summed E-state index contributed by atoms with van der Waals surface area (Å²) in [4.78, 5) is 2.40. The quantitative estimate of drug-likeness (QED) is 0.107. The third-order valence-corrected chi connectivity index (χ3v) is 15.5. The molecule has 0 spiro atoms. The van der Waals surface area contributed by atoms with Crippen LogP contribution in [0.5, 0.6) is 0 Å². The van der Waals surface area contributed by atoms with Gasteiger partial charge in [-0.3, -0.25) is 0 Å². The highest BCUT2D eigenvalue weighted by Crippen LogP contribution is 2.52. The van der Waals surface area contributed by atoms with Crippen molar-refractivity contribution in [2.75, 3.05) is 4.90 Å². The summed E-state index contributed by atoms with van der Waals surface area (Å²) in [6, 6.07) is 65.8. The van der Waals surface area contributed by atoms with E-state index in [-0.39, 0.29) is 15.7 Å². The van der Waals surface area contributed by atoms with Crippen LogP contribution in [0.3, 0.4) is 0 Å². The zero-order valence-electron chi connectivity index (χ0n) is 41.3. The molecule has 2 aliphatic heterocycles. The summed E-state index contributed by atoms with van der Waals surface area (Å²) in [5.41, 5.74) is 16.8. The number of hydrogen-bond donors (Lipinski definition) is 0. The molecule has 0 amide bonds. The lowest BCUT2D eigenvalue weighted by molar-refractivity contribution is -0.455. The molecule has 71 heavy (non-hydrogen) atoms. The third kappa shape index (κ3) is 9.38. The van der Waals surface area contributed by atoms with E-state index in [1.54, 1.807) is 12.1 Å². The molecule has 1 aliphatic carbocycles. The topological polar surface area (TPSA) is 63.5 Å². The smallest absolute Gasteiger partial charge is 0.210 e. The molecule has 8 aromatic carbocycles. The summed E-state index contributed by atoms with van der Waals surface area (Å²) in [6.45, 7) is 13.1. The molecule has 3 aliphatic rings. The first-order chi connectivity index (χ1) is 34.3. The number of anilines is 1. The molecule has 8 aromatic rings. The van der Waals surface area contributed by atoms with Crippen LogP contribution >= 0.6 is 0 Å². The van der Waals surface area contributed by atoms with Crippen LogP contribution in [0.15, 0.2) is 234 Å². The Morgan fingerprint density at radius 2 is 1.17 bits per heavy atom. The van der Waals surface area contributed by atoms with Crippen LogP contribution in [0.2, 0.25) is 0 Å². The number of benzene rings is 8. The minimum absolute atomic E-state index is 0.178. The Balaban J connectivity index is 0.000000470. The molecule has 0 atom stereocenters. The summed E-state index contributed by atoms with van der Waals surface area (Å²) in [6.07, 6.45) is 13.1. The average molecular weight is 949 g/mol. The molecule has 0 unspecified atom stereocenters. The summed E-state index contributed by atoms with van der Waals surface area (Å²) >= 11 is 0. The maximum atomic E-state index is 10.4. The van der Waals surface area contributed by atoms with Gasteiger partial charge in [-0.15, -0.1) is 0 Å². The van der Waals surface area contributed by atoms with Gasteiger partial charge in [0.2, 0.25) is 5.69 Å². The molecule has 0 N–H and O–H groups in total.